The number of nitrogens with zero attached hydrogens (tertiary/aromatic N) is 4. The zero-order valence-corrected chi connectivity index (χ0v) is 21.1. The van der Waals surface area contributed by atoms with E-state index in [4.69, 9.17) is 9.47 Å². The van der Waals surface area contributed by atoms with Crippen molar-refractivity contribution in [3.63, 3.8) is 0 Å². The van der Waals surface area contributed by atoms with Gasteiger partial charge in [-0.05, 0) is 44.9 Å². The molecule has 4 aliphatic heterocycles. The maximum absolute atomic E-state index is 15.2. The van der Waals surface area contributed by atoms with Crippen molar-refractivity contribution < 1.29 is 24.9 Å². The number of hydrogen-bond acceptors (Lipinski definition) is 7. The van der Waals surface area contributed by atoms with E-state index in [1.54, 1.807) is 23.4 Å². The molecule has 0 bridgehead atoms. The van der Waals surface area contributed by atoms with Crippen LogP contribution in [0.25, 0.3) is 11.1 Å². The molecule has 1 aromatic carbocycles. The number of halogens is 1. The fourth-order valence-corrected chi connectivity index (χ4v) is 5.86. The number of fused-ring (bicyclic) bond motifs is 6. The molecule has 1 N–H and O–H groups in total. The van der Waals surface area contributed by atoms with E-state index in [9.17, 15) is 9.59 Å². The molecule has 10 heteroatoms. The van der Waals surface area contributed by atoms with Crippen molar-refractivity contribution in [1.82, 2.24) is 9.97 Å². The van der Waals surface area contributed by atoms with Crippen molar-refractivity contribution >= 4 is 34.7 Å². The zero-order valence-electron chi connectivity index (χ0n) is 21.1. The van der Waals surface area contributed by atoms with Crippen LogP contribution in [0.15, 0.2) is 36.7 Å². The molecule has 38 heavy (non-hydrogen) atoms. The minimum atomic E-state index is -0.733. The molecule has 1 atom stereocenters. The Morgan fingerprint density at radius 3 is 2.74 bits per heavy atom. The van der Waals surface area contributed by atoms with Crippen molar-refractivity contribution in [1.29, 1.82) is 0 Å². The van der Waals surface area contributed by atoms with Gasteiger partial charge in [0.2, 0.25) is 17.7 Å². The Morgan fingerprint density at radius 1 is 1.05 bits per heavy atom. The third kappa shape index (κ3) is 3.50. The van der Waals surface area contributed by atoms with Gasteiger partial charge in [-0.15, -0.1) is 0 Å². The minimum Gasteiger partial charge on any atom is -0.482 e. The van der Waals surface area contributed by atoms with Gasteiger partial charge in [0.1, 0.15) is 35.3 Å². The summed E-state index contributed by atoms with van der Waals surface area (Å²) in [4.78, 5) is 37.0. The molecule has 2 saturated heterocycles. The normalized spacial score (nSPS) is 20.8. The number of benzene rings is 1. The summed E-state index contributed by atoms with van der Waals surface area (Å²) >= 11 is 0. The first kappa shape index (κ1) is 22.9. The topological polar surface area (TPSA) is 96.9 Å². The lowest BCUT2D eigenvalue weighted by Gasteiger charge is -2.35. The SMILES string of the molecule is CC1(C)Oc2cc(N3CCCC3=O)c(F)cc2-c2cnc(Nc3cnc4c(c3)N3C(=O)CC[C@H]3CO4)cc21.[HH]. The summed E-state index contributed by atoms with van der Waals surface area (Å²) in [6.07, 6.45) is 5.77. The molecule has 0 aliphatic carbocycles. The van der Waals surface area contributed by atoms with Crippen LogP contribution in [-0.4, -0.2) is 41.0 Å². The average Bonchev–Trinajstić information content (AvgIpc) is 3.49. The van der Waals surface area contributed by atoms with Gasteiger partial charge in [0, 0.05) is 49.8 Å². The Kier molecular flexibility index (Phi) is 4.92. The molecule has 2 aromatic heterocycles. The summed E-state index contributed by atoms with van der Waals surface area (Å²) < 4.78 is 27.3. The molecule has 6 heterocycles. The molecule has 0 radical (unpaired) electrons. The van der Waals surface area contributed by atoms with Crippen molar-refractivity contribution in [2.24, 2.45) is 0 Å². The first-order chi connectivity index (χ1) is 18.3. The van der Waals surface area contributed by atoms with Gasteiger partial charge >= 0.3 is 0 Å². The van der Waals surface area contributed by atoms with Crippen LogP contribution in [0.1, 0.15) is 46.5 Å². The van der Waals surface area contributed by atoms with Crippen molar-refractivity contribution in [2.75, 3.05) is 28.3 Å². The molecule has 9 nitrogen and oxygen atoms in total. The fraction of sp³-hybridized carbons (Fsp3) is 0.357. The van der Waals surface area contributed by atoms with Crippen LogP contribution in [0.2, 0.25) is 0 Å². The lowest BCUT2D eigenvalue weighted by molar-refractivity contribution is -0.118. The monoisotopic (exact) mass is 517 g/mol. The smallest absolute Gasteiger partial charge is 0.238 e. The van der Waals surface area contributed by atoms with Gasteiger partial charge in [0.05, 0.1) is 23.6 Å². The lowest BCUT2D eigenvalue weighted by Crippen LogP contribution is -2.40. The van der Waals surface area contributed by atoms with Crippen LogP contribution in [-0.2, 0) is 15.2 Å². The van der Waals surface area contributed by atoms with E-state index in [0.29, 0.717) is 66.8 Å². The number of amides is 2. The number of carbonyl (C=O) groups excluding carboxylic acids is 2. The van der Waals surface area contributed by atoms with Crippen LogP contribution in [0, 0.1) is 5.82 Å². The van der Waals surface area contributed by atoms with Gasteiger partial charge < -0.3 is 24.6 Å². The quantitative estimate of drug-likeness (QED) is 0.527. The Balaban J connectivity index is 0.00000277. The van der Waals surface area contributed by atoms with Crippen molar-refractivity contribution in [3.05, 3.63) is 48.0 Å². The Labute approximate surface area is 220 Å². The first-order valence-electron chi connectivity index (χ1n) is 12.8. The average molecular weight is 518 g/mol. The van der Waals surface area contributed by atoms with Gasteiger partial charge in [-0.1, -0.05) is 0 Å². The minimum absolute atomic E-state index is 0. The standard InChI is InChI=1S/C28H26FN5O4.H2/c1-28(2)19-10-24(32-15-8-22-27(31-12-15)37-14-16-5-6-26(36)34(16)22)30-13-18(19)17-9-20(29)21(11-23(17)38-28)33-7-3-4-25(33)35;/h8-13,16H,3-7,14H2,1-2H3,(H,30,32);1H/t16-;/m0./s1. The molecule has 196 valence electrons. The number of carbonyl (C=O) groups is 2. The number of pyridine rings is 2. The second-order valence-corrected chi connectivity index (χ2v) is 10.6. The molecule has 0 saturated carbocycles. The predicted molar refractivity (Wildman–Crippen MR) is 141 cm³/mol. The molecule has 4 aliphatic rings. The molecular formula is C28H28FN5O4. The van der Waals surface area contributed by atoms with E-state index in [0.717, 1.165) is 17.5 Å². The summed E-state index contributed by atoms with van der Waals surface area (Å²) in [6.45, 7) is 4.85. The third-order valence-corrected chi connectivity index (χ3v) is 7.72. The first-order valence-corrected chi connectivity index (χ1v) is 12.8. The molecule has 2 amide bonds. The number of anilines is 4. The fourth-order valence-electron chi connectivity index (χ4n) is 5.86. The van der Waals surface area contributed by atoms with Gasteiger partial charge in [-0.3, -0.25) is 9.59 Å². The van der Waals surface area contributed by atoms with Crippen LogP contribution >= 0.6 is 0 Å². The summed E-state index contributed by atoms with van der Waals surface area (Å²) in [5, 5.41) is 3.28. The number of hydrogen-bond donors (Lipinski definition) is 1. The highest BCUT2D eigenvalue weighted by atomic mass is 19.1. The summed E-state index contributed by atoms with van der Waals surface area (Å²) in [7, 11) is 0. The second kappa shape index (κ2) is 8.14. The van der Waals surface area contributed by atoms with Crippen LogP contribution in [0.3, 0.4) is 0 Å². The van der Waals surface area contributed by atoms with Crippen LogP contribution in [0.5, 0.6) is 11.6 Å². The summed E-state index contributed by atoms with van der Waals surface area (Å²) in [6, 6.07) is 6.82. The Morgan fingerprint density at radius 2 is 1.92 bits per heavy atom. The molecular weight excluding hydrogens is 489 g/mol. The maximum Gasteiger partial charge on any atom is 0.238 e. The van der Waals surface area contributed by atoms with Gasteiger partial charge in [0.25, 0.3) is 0 Å². The molecule has 3 aromatic rings. The molecule has 2 fully saturated rings. The van der Waals surface area contributed by atoms with Gasteiger partial charge in [0.15, 0.2) is 0 Å². The van der Waals surface area contributed by atoms with Gasteiger partial charge in [-0.25, -0.2) is 14.4 Å². The van der Waals surface area contributed by atoms with E-state index < -0.39 is 11.4 Å². The molecule has 0 unspecified atom stereocenters. The number of ether oxygens (including phenoxy) is 2. The Hall–Kier alpha value is -4.21. The molecule has 0 spiro atoms. The highest BCUT2D eigenvalue weighted by molar-refractivity contribution is 5.98. The maximum atomic E-state index is 15.2. The lowest BCUT2D eigenvalue weighted by atomic mass is 9.87. The highest BCUT2D eigenvalue weighted by Crippen LogP contribution is 2.48. The van der Waals surface area contributed by atoms with Crippen LogP contribution < -0.4 is 24.6 Å². The van der Waals surface area contributed by atoms with E-state index >= 15 is 4.39 Å². The number of aromatic nitrogens is 2. The van der Waals surface area contributed by atoms with E-state index in [1.807, 2.05) is 26.0 Å². The summed E-state index contributed by atoms with van der Waals surface area (Å²) in [5.41, 5.74) is 3.05. The zero-order chi connectivity index (χ0) is 26.2. The predicted octanol–water partition coefficient (Wildman–Crippen LogP) is 4.91. The van der Waals surface area contributed by atoms with E-state index in [-0.39, 0.29) is 25.0 Å². The third-order valence-electron chi connectivity index (χ3n) is 7.72. The van der Waals surface area contributed by atoms with Crippen LogP contribution in [0.4, 0.5) is 27.3 Å². The second-order valence-electron chi connectivity index (χ2n) is 10.6. The molecule has 7 rings (SSSR count). The van der Waals surface area contributed by atoms with Crippen molar-refractivity contribution in [2.45, 2.75) is 51.2 Å². The number of rotatable bonds is 3. The largest absolute Gasteiger partial charge is 0.482 e. The number of nitrogens with one attached hydrogen (secondary N) is 1. The highest BCUT2D eigenvalue weighted by Gasteiger charge is 2.39. The van der Waals surface area contributed by atoms with Crippen molar-refractivity contribution in [3.8, 4) is 22.8 Å². The van der Waals surface area contributed by atoms with E-state index in [1.165, 1.54) is 11.0 Å². The van der Waals surface area contributed by atoms with E-state index in [2.05, 4.69) is 15.3 Å². The summed E-state index contributed by atoms with van der Waals surface area (Å²) in [5.74, 6) is 1.06. The Bertz CT molecular complexity index is 1530. The van der Waals surface area contributed by atoms with Gasteiger partial charge in [-0.2, -0.15) is 0 Å².